The van der Waals surface area contributed by atoms with Crippen LogP contribution in [0.25, 0.3) is 0 Å². The average Bonchev–Trinajstić information content (AvgIpc) is 2.92. The second-order valence-corrected chi connectivity index (χ2v) is 10.8. The molecule has 4 rings (SSSR count). The summed E-state index contributed by atoms with van der Waals surface area (Å²) in [5.74, 6) is 3.28. The van der Waals surface area contributed by atoms with Crippen LogP contribution in [0.1, 0.15) is 65.2 Å². The van der Waals surface area contributed by atoms with Crippen LogP contribution >= 0.6 is 11.6 Å². The lowest BCUT2D eigenvalue weighted by Gasteiger charge is -2.59. The van der Waals surface area contributed by atoms with Crippen molar-refractivity contribution in [3.05, 3.63) is 12.2 Å². The second-order valence-electron chi connectivity index (χ2n) is 10.1. The topological polar surface area (TPSA) is 57.5 Å². The molecular formula is C22H33ClO3. The highest BCUT2D eigenvalue weighted by Gasteiger charge is 2.59. The van der Waals surface area contributed by atoms with Gasteiger partial charge in [0.15, 0.2) is 10.8 Å². The maximum atomic E-state index is 11.9. The first-order valence-corrected chi connectivity index (χ1v) is 10.8. The lowest BCUT2D eigenvalue weighted by Crippen LogP contribution is -2.52. The quantitative estimate of drug-likeness (QED) is 0.717. The standard InChI is InChI=1S/C22H33ClO3/c1-20-9-7-16(25)11-14(20)3-5-17-18-6-4-15(12-22(23,26)13-24)21(18,2)10-8-19(17)20/h7,9,14-15,17-19,24,26H,3-6,8,10-13H2,1-2H3/t14?,15?,17-,18-,19+,20-,21+,22?/m0/s1. The lowest BCUT2D eigenvalue weighted by molar-refractivity contribution is -0.122. The number of carbonyl (C=O) groups is 1. The Labute approximate surface area is 162 Å². The smallest absolute Gasteiger partial charge is 0.161 e. The van der Waals surface area contributed by atoms with E-state index >= 15 is 0 Å². The van der Waals surface area contributed by atoms with Crippen LogP contribution in [0.2, 0.25) is 0 Å². The molecule has 3 nitrogen and oxygen atoms in total. The van der Waals surface area contributed by atoms with Gasteiger partial charge in [0.05, 0.1) is 6.61 Å². The Hall–Kier alpha value is -0.380. The fourth-order valence-corrected chi connectivity index (χ4v) is 7.71. The Morgan fingerprint density at radius 1 is 1.19 bits per heavy atom. The number of hydrogen-bond acceptors (Lipinski definition) is 3. The summed E-state index contributed by atoms with van der Waals surface area (Å²) in [5.41, 5.74) is 0.394. The van der Waals surface area contributed by atoms with Crippen LogP contribution in [-0.4, -0.2) is 27.7 Å². The molecule has 0 bridgehead atoms. The zero-order chi connectivity index (χ0) is 18.7. The fourth-order valence-electron chi connectivity index (χ4n) is 7.52. The van der Waals surface area contributed by atoms with E-state index in [4.69, 9.17) is 11.6 Å². The first-order chi connectivity index (χ1) is 12.2. The molecule has 4 aliphatic rings. The van der Waals surface area contributed by atoms with Gasteiger partial charge in [0, 0.05) is 6.42 Å². The van der Waals surface area contributed by atoms with Gasteiger partial charge in [0.2, 0.25) is 0 Å². The van der Waals surface area contributed by atoms with Gasteiger partial charge in [0.1, 0.15) is 0 Å². The number of allylic oxidation sites excluding steroid dienone is 2. The molecule has 3 unspecified atom stereocenters. The number of fused-ring (bicyclic) bond motifs is 5. The highest BCUT2D eigenvalue weighted by atomic mass is 35.5. The van der Waals surface area contributed by atoms with Crippen molar-refractivity contribution in [3.63, 3.8) is 0 Å². The summed E-state index contributed by atoms with van der Waals surface area (Å²) in [6.45, 7) is 4.43. The van der Waals surface area contributed by atoms with Crippen LogP contribution in [0.3, 0.4) is 0 Å². The molecular weight excluding hydrogens is 348 g/mol. The van der Waals surface area contributed by atoms with Crippen molar-refractivity contribution in [3.8, 4) is 0 Å². The maximum absolute atomic E-state index is 11.9. The zero-order valence-corrected chi connectivity index (χ0v) is 16.8. The normalized spacial score (nSPS) is 49.9. The van der Waals surface area contributed by atoms with E-state index in [1.54, 1.807) is 0 Å². The Bertz CT molecular complexity index is 615. The van der Waals surface area contributed by atoms with Crippen molar-refractivity contribution >= 4 is 17.4 Å². The number of alkyl halides is 1. The van der Waals surface area contributed by atoms with Crippen molar-refractivity contribution < 1.29 is 15.0 Å². The molecule has 4 heteroatoms. The fraction of sp³-hybridized carbons (Fsp3) is 0.864. The van der Waals surface area contributed by atoms with Gasteiger partial charge in [-0.3, -0.25) is 4.79 Å². The molecule has 0 amide bonds. The minimum absolute atomic E-state index is 0.175. The van der Waals surface area contributed by atoms with Crippen molar-refractivity contribution in [2.45, 2.75) is 70.3 Å². The zero-order valence-electron chi connectivity index (χ0n) is 16.1. The third-order valence-electron chi connectivity index (χ3n) is 9.04. The first-order valence-electron chi connectivity index (χ1n) is 10.4. The number of rotatable bonds is 3. The van der Waals surface area contributed by atoms with Crippen LogP contribution in [-0.2, 0) is 4.79 Å². The average molecular weight is 381 g/mol. The summed E-state index contributed by atoms with van der Waals surface area (Å²) >= 11 is 6.12. The van der Waals surface area contributed by atoms with E-state index in [0.717, 1.165) is 18.8 Å². The third kappa shape index (κ3) is 2.81. The van der Waals surface area contributed by atoms with Gasteiger partial charge in [0.25, 0.3) is 0 Å². The lowest BCUT2D eigenvalue weighted by atomic mass is 9.46. The van der Waals surface area contributed by atoms with Crippen molar-refractivity contribution in [2.75, 3.05) is 6.61 Å². The number of aliphatic hydroxyl groups is 2. The highest BCUT2D eigenvalue weighted by molar-refractivity contribution is 6.22. The summed E-state index contributed by atoms with van der Waals surface area (Å²) < 4.78 is 0. The van der Waals surface area contributed by atoms with Gasteiger partial charge in [-0.25, -0.2) is 0 Å². The van der Waals surface area contributed by atoms with E-state index in [1.165, 1.54) is 32.1 Å². The maximum Gasteiger partial charge on any atom is 0.161 e. The van der Waals surface area contributed by atoms with E-state index in [1.807, 2.05) is 6.08 Å². The Balaban J connectivity index is 1.58. The third-order valence-corrected chi connectivity index (χ3v) is 9.31. The van der Waals surface area contributed by atoms with E-state index in [-0.39, 0.29) is 17.4 Å². The van der Waals surface area contributed by atoms with Gasteiger partial charge in [-0.05, 0) is 91.4 Å². The Morgan fingerprint density at radius 3 is 2.69 bits per heavy atom. The molecule has 146 valence electrons. The predicted molar refractivity (Wildman–Crippen MR) is 103 cm³/mol. The molecule has 0 aliphatic heterocycles. The molecule has 0 saturated heterocycles. The summed E-state index contributed by atoms with van der Waals surface area (Å²) in [4.78, 5) is 11.9. The molecule has 0 aromatic carbocycles. The largest absolute Gasteiger partial charge is 0.392 e. The summed E-state index contributed by atoms with van der Waals surface area (Å²) in [5, 5.41) is 18.1. The van der Waals surface area contributed by atoms with Crippen LogP contribution in [0.5, 0.6) is 0 Å². The molecule has 3 fully saturated rings. The Morgan fingerprint density at radius 2 is 1.96 bits per heavy atom. The van der Waals surface area contributed by atoms with Crippen LogP contribution < -0.4 is 0 Å². The molecule has 0 aromatic heterocycles. The molecule has 26 heavy (non-hydrogen) atoms. The van der Waals surface area contributed by atoms with E-state index in [2.05, 4.69) is 19.9 Å². The van der Waals surface area contributed by atoms with E-state index < -0.39 is 5.06 Å². The Kier molecular flexibility index (Phi) is 4.61. The van der Waals surface area contributed by atoms with Crippen molar-refractivity contribution in [1.82, 2.24) is 0 Å². The molecule has 2 N–H and O–H groups in total. The molecule has 0 aromatic rings. The van der Waals surface area contributed by atoms with Gasteiger partial charge in [-0.1, -0.05) is 31.5 Å². The van der Waals surface area contributed by atoms with Crippen LogP contribution in [0, 0.1) is 40.4 Å². The van der Waals surface area contributed by atoms with Crippen molar-refractivity contribution in [1.29, 1.82) is 0 Å². The monoisotopic (exact) mass is 380 g/mol. The van der Waals surface area contributed by atoms with Crippen LogP contribution in [0.4, 0.5) is 0 Å². The van der Waals surface area contributed by atoms with Gasteiger partial charge >= 0.3 is 0 Å². The molecule has 0 heterocycles. The predicted octanol–water partition coefficient (Wildman–Crippen LogP) is 4.30. The number of hydrogen-bond donors (Lipinski definition) is 2. The van der Waals surface area contributed by atoms with Gasteiger partial charge in [-0.2, -0.15) is 0 Å². The summed E-state index contributed by atoms with van der Waals surface area (Å²) in [6, 6.07) is 0. The molecule has 8 atom stereocenters. The van der Waals surface area contributed by atoms with E-state index in [0.29, 0.717) is 35.9 Å². The second kappa shape index (κ2) is 6.32. The SMILES string of the molecule is C[C@]12C=CC(=O)CC1CC[C@@H]1[C@H]2CC[C@]2(C)C(CC(O)(Cl)CO)CC[C@@H]12. The molecule has 0 radical (unpaired) electrons. The number of carbonyl (C=O) groups excluding carboxylic acids is 1. The first kappa shape index (κ1) is 19.0. The van der Waals surface area contributed by atoms with Crippen molar-refractivity contribution in [2.24, 2.45) is 40.4 Å². The summed E-state index contributed by atoms with van der Waals surface area (Å²) in [7, 11) is 0. The number of ketones is 1. The molecule has 4 aliphatic carbocycles. The minimum atomic E-state index is -1.48. The minimum Gasteiger partial charge on any atom is -0.392 e. The molecule has 0 spiro atoms. The van der Waals surface area contributed by atoms with Gasteiger partial charge < -0.3 is 10.2 Å². The number of aliphatic hydroxyl groups excluding tert-OH is 1. The van der Waals surface area contributed by atoms with Crippen LogP contribution in [0.15, 0.2) is 12.2 Å². The van der Waals surface area contributed by atoms with E-state index in [9.17, 15) is 15.0 Å². The highest BCUT2D eigenvalue weighted by Crippen LogP contribution is 2.67. The molecule has 3 saturated carbocycles. The summed E-state index contributed by atoms with van der Waals surface area (Å²) in [6.07, 6.45) is 12.4. The number of halogens is 1. The van der Waals surface area contributed by atoms with Gasteiger partial charge in [-0.15, -0.1) is 0 Å².